The van der Waals surface area contributed by atoms with Crippen molar-refractivity contribution in [1.82, 2.24) is 0 Å². The van der Waals surface area contributed by atoms with Crippen LogP contribution in [0.2, 0.25) is 0 Å². The molecule has 2 unspecified atom stereocenters. The average Bonchev–Trinajstić information content (AvgIpc) is 2.76. The molecule has 0 aliphatic carbocycles. The molecule has 3 aliphatic rings. The molecule has 5 rings (SSSR count). The summed E-state index contributed by atoms with van der Waals surface area (Å²) in [5.74, 6) is 2.56. The van der Waals surface area contributed by atoms with Crippen molar-refractivity contribution < 1.29 is 28.5 Å². The van der Waals surface area contributed by atoms with Crippen molar-refractivity contribution in [3.8, 4) is 28.7 Å². The van der Waals surface area contributed by atoms with E-state index in [9.17, 15) is 4.79 Å². The molecule has 3 heterocycles. The largest absolute Gasteiger partial charge is 0.493 e. The number of methoxy groups -OCH3 is 2. The highest BCUT2D eigenvalue weighted by Crippen LogP contribution is 2.52. The smallest absolute Gasteiger partial charge is 0.179 e. The number of hydrogen-bond donors (Lipinski definition) is 0. The highest BCUT2D eigenvalue weighted by Gasteiger charge is 2.46. The standard InChI is InChI=1S/C23H21IO6S/c1-23(2)6-5-11-14(30-23)9-18(31-24)20-21(25)19-12-7-15(26-3)16(27-4)8-13(12)28-10-17(19)29-22(11)20/h5-9,17,19H,10H2,1-4H3. The molecule has 6 nitrogen and oxygen atoms in total. The van der Waals surface area contributed by atoms with E-state index in [1.807, 2.05) is 38.1 Å². The normalized spacial score (nSPS) is 22.0. The summed E-state index contributed by atoms with van der Waals surface area (Å²) in [5.41, 5.74) is 1.72. The van der Waals surface area contributed by atoms with Crippen LogP contribution in [-0.2, 0) is 0 Å². The fourth-order valence-corrected chi connectivity index (χ4v) is 5.78. The molecule has 0 N–H and O–H groups in total. The molecule has 0 saturated carbocycles. The minimum absolute atomic E-state index is 0.0169. The molecule has 2 aromatic carbocycles. The van der Waals surface area contributed by atoms with E-state index >= 15 is 0 Å². The van der Waals surface area contributed by atoms with E-state index in [4.69, 9.17) is 23.7 Å². The van der Waals surface area contributed by atoms with Crippen LogP contribution in [-0.4, -0.2) is 38.3 Å². The number of halogens is 1. The van der Waals surface area contributed by atoms with Crippen LogP contribution >= 0.6 is 30.1 Å². The van der Waals surface area contributed by atoms with Gasteiger partial charge in [0.2, 0.25) is 0 Å². The first-order valence-corrected chi connectivity index (χ1v) is 13.2. The number of carbonyl (C=O) groups is 1. The summed E-state index contributed by atoms with van der Waals surface area (Å²) in [5, 5.41) is 0. The van der Waals surface area contributed by atoms with E-state index in [0.717, 1.165) is 21.8 Å². The highest BCUT2D eigenvalue weighted by molar-refractivity contribution is 14.2. The second kappa shape index (κ2) is 7.51. The first kappa shape index (κ1) is 20.8. The van der Waals surface area contributed by atoms with Crippen molar-refractivity contribution in [2.75, 3.05) is 20.8 Å². The number of ketones is 1. The zero-order valence-corrected chi connectivity index (χ0v) is 20.5. The third-order valence-electron chi connectivity index (χ3n) is 5.78. The average molecular weight is 552 g/mol. The van der Waals surface area contributed by atoms with Gasteiger partial charge >= 0.3 is 0 Å². The number of hydrogen-bond acceptors (Lipinski definition) is 7. The summed E-state index contributed by atoms with van der Waals surface area (Å²) < 4.78 is 29.4. The predicted molar refractivity (Wildman–Crippen MR) is 127 cm³/mol. The zero-order chi connectivity index (χ0) is 21.9. The number of fused-ring (bicyclic) bond motifs is 6. The van der Waals surface area contributed by atoms with Gasteiger partial charge in [-0.25, -0.2) is 0 Å². The van der Waals surface area contributed by atoms with Crippen LogP contribution in [0.15, 0.2) is 29.2 Å². The Morgan fingerprint density at radius 1 is 1.13 bits per heavy atom. The van der Waals surface area contributed by atoms with Crippen LogP contribution in [0.25, 0.3) is 6.08 Å². The van der Waals surface area contributed by atoms with E-state index in [0.29, 0.717) is 28.6 Å². The number of benzene rings is 2. The van der Waals surface area contributed by atoms with Crippen molar-refractivity contribution in [2.45, 2.75) is 36.4 Å². The lowest BCUT2D eigenvalue weighted by Gasteiger charge is -2.39. The summed E-state index contributed by atoms with van der Waals surface area (Å²) in [6, 6.07) is 5.53. The van der Waals surface area contributed by atoms with Gasteiger partial charge in [0.05, 0.1) is 31.3 Å². The molecular weight excluding hydrogens is 531 g/mol. The van der Waals surface area contributed by atoms with Gasteiger partial charge in [0.25, 0.3) is 0 Å². The van der Waals surface area contributed by atoms with Gasteiger partial charge in [-0.1, -0.05) is 8.93 Å². The van der Waals surface area contributed by atoms with E-state index in [2.05, 4.69) is 21.2 Å². The summed E-state index contributed by atoms with van der Waals surface area (Å²) in [7, 11) is 4.63. The van der Waals surface area contributed by atoms with Crippen molar-refractivity contribution >= 4 is 42.0 Å². The lowest BCUT2D eigenvalue weighted by atomic mass is 9.81. The van der Waals surface area contributed by atoms with Gasteiger partial charge in [-0.3, -0.25) is 4.79 Å². The molecular formula is C23H21IO6S. The van der Waals surface area contributed by atoms with Gasteiger partial charge in [0.1, 0.15) is 35.6 Å². The quantitative estimate of drug-likeness (QED) is 0.470. The third-order valence-corrected chi connectivity index (χ3v) is 7.69. The van der Waals surface area contributed by atoms with Crippen molar-refractivity contribution in [2.24, 2.45) is 0 Å². The van der Waals surface area contributed by atoms with Gasteiger partial charge in [-0.05, 0) is 38.1 Å². The summed E-state index contributed by atoms with van der Waals surface area (Å²) in [6.07, 6.45) is 3.53. The van der Waals surface area contributed by atoms with Gasteiger partial charge in [0.15, 0.2) is 17.3 Å². The number of carbonyl (C=O) groups excluding carboxylic acids is 1. The zero-order valence-electron chi connectivity index (χ0n) is 17.5. The molecule has 162 valence electrons. The lowest BCUT2D eigenvalue weighted by molar-refractivity contribution is 0.0546. The highest BCUT2D eigenvalue weighted by atomic mass is 127. The molecule has 31 heavy (non-hydrogen) atoms. The minimum Gasteiger partial charge on any atom is -0.493 e. The first-order chi connectivity index (χ1) is 14.9. The van der Waals surface area contributed by atoms with Crippen LogP contribution in [0, 0.1) is 0 Å². The Morgan fingerprint density at radius 2 is 1.87 bits per heavy atom. The predicted octanol–water partition coefficient (Wildman–Crippen LogP) is 5.45. The molecule has 8 heteroatoms. The molecule has 0 radical (unpaired) electrons. The Hall–Kier alpha value is -2.07. The molecule has 2 atom stereocenters. The molecule has 0 bridgehead atoms. The van der Waals surface area contributed by atoms with Crippen LogP contribution in [0.1, 0.15) is 41.3 Å². The molecule has 3 aliphatic heterocycles. The molecule has 2 aromatic rings. The Kier molecular flexibility index (Phi) is 5.04. The topological polar surface area (TPSA) is 63.2 Å². The first-order valence-electron chi connectivity index (χ1n) is 9.84. The number of rotatable bonds is 3. The van der Waals surface area contributed by atoms with E-state index < -0.39 is 17.6 Å². The van der Waals surface area contributed by atoms with Gasteiger partial charge < -0.3 is 23.7 Å². The molecule has 0 saturated heterocycles. The van der Waals surface area contributed by atoms with Crippen LogP contribution in [0.5, 0.6) is 28.7 Å². The van der Waals surface area contributed by atoms with Gasteiger partial charge in [-0.2, -0.15) is 0 Å². The maximum atomic E-state index is 13.9. The van der Waals surface area contributed by atoms with Crippen molar-refractivity contribution in [3.63, 3.8) is 0 Å². The lowest BCUT2D eigenvalue weighted by Crippen LogP contribution is -2.43. The SMILES string of the molecule is COc1cc2c(cc1OC)C1C(=O)c3c(SI)cc4c(c3OC1CO2)C=CC(C)(C)O4. The molecule has 0 aromatic heterocycles. The summed E-state index contributed by atoms with van der Waals surface area (Å²) >= 11 is 2.20. The fourth-order valence-electron chi connectivity index (χ4n) is 4.32. The third kappa shape index (κ3) is 3.26. The minimum atomic E-state index is -0.485. The Labute approximate surface area is 196 Å². The Balaban J connectivity index is 1.67. The van der Waals surface area contributed by atoms with E-state index in [-0.39, 0.29) is 12.4 Å². The summed E-state index contributed by atoms with van der Waals surface area (Å²) in [4.78, 5) is 14.7. The monoisotopic (exact) mass is 552 g/mol. The number of ether oxygens (including phenoxy) is 5. The van der Waals surface area contributed by atoms with Crippen LogP contribution in [0.4, 0.5) is 0 Å². The maximum Gasteiger partial charge on any atom is 0.179 e. The molecule has 0 amide bonds. The van der Waals surface area contributed by atoms with E-state index in [1.165, 1.54) is 8.93 Å². The van der Waals surface area contributed by atoms with Gasteiger partial charge in [-0.15, -0.1) is 0 Å². The molecule has 0 spiro atoms. The number of Topliss-reactive ketones (excluding diaryl/α,β-unsaturated/α-hetero) is 1. The Morgan fingerprint density at radius 3 is 2.58 bits per heavy atom. The second-order valence-electron chi connectivity index (χ2n) is 8.16. The van der Waals surface area contributed by atoms with Crippen molar-refractivity contribution in [1.29, 1.82) is 0 Å². The van der Waals surface area contributed by atoms with E-state index in [1.54, 1.807) is 20.3 Å². The Bertz CT molecular complexity index is 1130. The van der Waals surface area contributed by atoms with Crippen LogP contribution < -0.4 is 23.7 Å². The summed E-state index contributed by atoms with van der Waals surface area (Å²) in [6.45, 7) is 4.27. The van der Waals surface area contributed by atoms with Crippen LogP contribution in [0.3, 0.4) is 0 Å². The second-order valence-corrected chi connectivity index (χ2v) is 10.1. The van der Waals surface area contributed by atoms with Crippen molar-refractivity contribution in [3.05, 3.63) is 41.0 Å². The maximum absolute atomic E-state index is 13.9. The molecule has 0 fully saturated rings. The van der Waals surface area contributed by atoms with Gasteiger partial charge in [0, 0.05) is 37.7 Å². The fraction of sp³-hybridized carbons (Fsp3) is 0.348.